The van der Waals surface area contributed by atoms with E-state index in [2.05, 4.69) is 34.3 Å². The van der Waals surface area contributed by atoms with Crippen LogP contribution in [0.1, 0.15) is 31.7 Å². The molecule has 1 aliphatic heterocycles. The number of hydrogen-bond acceptors (Lipinski definition) is 6. The lowest BCUT2D eigenvalue weighted by molar-refractivity contribution is 0.0685. The van der Waals surface area contributed by atoms with Gasteiger partial charge < -0.3 is 15.1 Å². The van der Waals surface area contributed by atoms with Crippen LogP contribution in [-0.4, -0.2) is 36.8 Å². The van der Waals surface area contributed by atoms with Crippen LogP contribution in [0.2, 0.25) is 0 Å². The molecule has 3 N–H and O–H groups in total. The van der Waals surface area contributed by atoms with Crippen molar-refractivity contribution in [2.45, 2.75) is 32.6 Å². The highest BCUT2D eigenvalue weighted by Crippen LogP contribution is 2.25. The summed E-state index contributed by atoms with van der Waals surface area (Å²) in [7, 11) is 2.09. The van der Waals surface area contributed by atoms with Gasteiger partial charge in [-0.25, -0.2) is 15.8 Å². The molecule has 112 valence electrons. The van der Waals surface area contributed by atoms with Crippen molar-refractivity contribution >= 4 is 11.6 Å². The standard InChI is InChI=1S/C14H25N5O/c1-3-4-12-13(18-15)16-10-17-14(12)19(2)9-11-5-7-20-8-6-11/h10-11H,3-9,15H2,1-2H3,(H,16,17,18). The lowest BCUT2D eigenvalue weighted by Gasteiger charge is -2.29. The van der Waals surface area contributed by atoms with Crippen molar-refractivity contribution in [3.05, 3.63) is 11.9 Å². The number of anilines is 2. The molecular formula is C14H25N5O. The van der Waals surface area contributed by atoms with Gasteiger partial charge >= 0.3 is 0 Å². The first-order chi connectivity index (χ1) is 9.76. The Hall–Kier alpha value is -1.40. The second-order valence-corrected chi connectivity index (χ2v) is 5.36. The molecule has 0 unspecified atom stereocenters. The van der Waals surface area contributed by atoms with Crippen LogP contribution in [0.4, 0.5) is 11.6 Å². The first kappa shape index (κ1) is 15.0. The van der Waals surface area contributed by atoms with Crippen molar-refractivity contribution in [3.63, 3.8) is 0 Å². The molecule has 0 bridgehead atoms. The molecule has 1 fully saturated rings. The normalized spacial score (nSPS) is 16.1. The largest absolute Gasteiger partial charge is 0.381 e. The third-order valence-electron chi connectivity index (χ3n) is 3.79. The summed E-state index contributed by atoms with van der Waals surface area (Å²) in [5.41, 5.74) is 3.79. The minimum Gasteiger partial charge on any atom is -0.381 e. The zero-order valence-electron chi connectivity index (χ0n) is 12.4. The van der Waals surface area contributed by atoms with E-state index in [1.54, 1.807) is 6.33 Å². The molecule has 2 heterocycles. The highest BCUT2D eigenvalue weighted by atomic mass is 16.5. The average molecular weight is 279 g/mol. The maximum Gasteiger partial charge on any atom is 0.148 e. The Bertz CT molecular complexity index is 420. The highest BCUT2D eigenvalue weighted by Gasteiger charge is 2.19. The number of aromatic nitrogens is 2. The van der Waals surface area contributed by atoms with Crippen LogP contribution in [0.5, 0.6) is 0 Å². The Morgan fingerprint density at radius 2 is 2.15 bits per heavy atom. The van der Waals surface area contributed by atoms with Crippen LogP contribution in [-0.2, 0) is 11.2 Å². The number of rotatable bonds is 6. The van der Waals surface area contributed by atoms with Crippen molar-refractivity contribution in [1.29, 1.82) is 0 Å². The third kappa shape index (κ3) is 3.58. The predicted octanol–water partition coefficient (Wildman–Crippen LogP) is 1.58. The van der Waals surface area contributed by atoms with Crippen LogP contribution in [0.3, 0.4) is 0 Å². The molecule has 0 amide bonds. The van der Waals surface area contributed by atoms with Crippen molar-refractivity contribution in [2.75, 3.05) is 37.1 Å². The minimum atomic E-state index is 0.674. The number of ether oxygens (including phenoxy) is 1. The minimum absolute atomic E-state index is 0.674. The number of nitrogen functional groups attached to an aromatic ring is 1. The average Bonchev–Trinajstić information content (AvgIpc) is 2.48. The van der Waals surface area contributed by atoms with E-state index in [1.807, 2.05) is 0 Å². The molecule has 0 saturated carbocycles. The van der Waals surface area contributed by atoms with Crippen LogP contribution in [0.25, 0.3) is 0 Å². The first-order valence-corrected chi connectivity index (χ1v) is 7.35. The molecule has 6 nitrogen and oxygen atoms in total. The van der Waals surface area contributed by atoms with E-state index in [9.17, 15) is 0 Å². The number of nitrogens with two attached hydrogens (primary N) is 1. The van der Waals surface area contributed by atoms with E-state index in [-0.39, 0.29) is 0 Å². The number of hydrazine groups is 1. The predicted molar refractivity (Wildman–Crippen MR) is 80.7 cm³/mol. The summed E-state index contributed by atoms with van der Waals surface area (Å²) in [5, 5.41) is 0. The number of nitrogens with one attached hydrogen (secondary N) is 1. The van der Waals surface area contributed by atoms with Gasteiger partial charge in [-0.15, -0.1) is 0 Å². The van der Waals surface area contributed by atoms with Crippen molar-refractivity contribution in [1.82, 2.24) is 9.97 Å². The summed E-state index contributed by atoms with van der Waals surface area (Å²) in [5.74, 6) is 7.95. The van der Waals surface area contributed by atoms with Crippen molar-refractivity contribution in [2.24, 2.45) is 11.8 Å². The SMILES string of the molecule is CCCc1c(NN)ncnc1N(C)CC1CCOCC1. The second-order valence-electron chi connectivity index (χ2n) is 5.36. The summed E-state index contributed by atoms with van der Waals surface area (Å²) in [6, 6.07) is 0. The molecule has 1 aromatic heterocycles. The van der Waals surface area contributed by atoms with Crippen molar-refractivity contribution in [3.8, 4) is 0 Å². The second kappa shape index (κ2) is 7.40. The van der Waals surface area contributed by atoms with Crippen molar-refractivity contribution < 1.29 is 4.74 Å². The Morgan fingerprint density at radius 1 is 1.40 bits per heavy atom. The smallest absolute Gasteiger partial charge is 0.148 e. The van der Waals surface area contributed by atoms with E-state index in [4.69, 9.17) is 10.6 Å². The maximum atomic E-state index is 5.56. The monoisotopic (exact) mass is 279 g/mol. The zero-order chi connectivity index (χ0) is 14.4. The Kier molecular flexibility index (Phi) is 5.55. The molecule has 0 atom stereocenters. The summed E-state index contributed by atoms with van der Waals surface area (Å²) >= 11 is 0. The summed E-state index contributed by atoms with van der Waals surface area (Å²) in [4.78, 5) is 10.9. The van der Waals surface area contributed by atoms with E-state index < -0.39 is 0 Å². The maximum absolute atomic E-state index is 5.56. The Morgan fingerprint density at radius 3 is 2.80 bits per heavy atom. The molecule has 0 aliphatic carbocycles. The zero-order valence-corrected chi connectivity index (χ0v) is 12.4. The van der Waals surface area contributed by atoms with Gasteiger partial charge in [0.25, 0.3) is 0 Å². The fourth-order valence-electron chi connectivity index (χ4n) is 2.74. The molecule has 20 heavy (non-hydrogen) atoms. The van der Waals surface area contributed by atoms with E-state index >= 15 is 0 Å². The van der Waals surface area contributed by atoms with Gasteiger partial charge in [-0.1, -0.05) is 13.3 Å². The van der Waals surface area contributed by atoms with E-state index in [1.165, 1.54) is 0 Å². The third-order valence-corrected chi connectivity index (χ3v) is 3.79. The molecule has 0 aromatic carbocycles. The van der Waals surface area contributed by atoms with Crippen LogP contribution in [0, 0.1) is 5.92 Å². The van der Waals surface area contributed by atoms with Gasteiger partial charge in [-0.05, 0) is 25.2 Å². The number of hydrogen-bond donors (Lipinski definition) is 2. The molecular weight excluding hydrogens is 254 g/mol. The molecule has 1 aromatic rings. The van der Waals surface area contributed by atoms with E-state index in [0.717, 1.165) is 62.6 Å². The molecule has 1 saturated heterocycles. The van der Waals surface area contributed by atoms with Gasteiger partial charge in [0.2, 0.25) is 0 Å². The van der Waals surface area contributed by atoms with Gasteiger partial charge in [0, 0.05) is 32.4 Å². The Balaban J connectivity index is 2.13. The first-order valence-electron chi connectivity index (χ1n) is 7.35. The summed E-state index contributed by atoms with van der Waals surface area (Å²) in [6.07, 6.45) is 5.79. The van der Waals surface area contributed by atoms with Crippen LogP contribution in [0.15, 0.2) is 6.33 Å². The molecule has 1 aliphatic rings. The fourth-order valence-corrected chi connectivity index (χ4v) is 2.74. The highest BCUT2D eigenvalue weighted by molar-refractivity contribution is 5.58. The number of nitrogens with zero attached hydrogens (tertiary/aromatic N) is 3. The van der Waals surface area contributed by atoms with Crippen LogP contribution >= 0.6 is 0 Å². The summed E-state index contributed by atoms with van der Waals surface area (Å²) < 4.78 is 5.42. The quantitative estimate of drug-likeness (QED) is 0.608. The van der Waals surface area contributed by atoms with Gasteiger partial charge in [0.05, 0.1) is 0 Å². The van der Waals surface area contributed by atoms with Crippen LogP contribution < -0.4 is 16.2 Å². The molecule has 0 spiro atoms. The van der Waals surface area contributed by atoms with Gasteiger partial charge in [0.15, 0.2) is 0 Å². The molecule has 2 rings (SSSR count). The Labute approximate surface area is 120 Å². The van der Waals surface area contributed by atoms with Gasteiger partial charge in [-0.2, -0.15) is 0 Å². The lowest BCUT2D eigenvalue weighted by Crippen LogP contribution is -2.31. The van der Waals surface area contributed by atoms with E-state index in [0.29, 0.717) is 5.92 Å². The molecule has 0 radical (unpaired) electrons. The molecule has 6 heteroatoms. The fraction of sp³-hybridized carbons (Fsp3) is 0.714. The summed E-state index contributed by atoms with van der Waals surface area (Å²) in [6.45, 7) is 4.90. The lowest BCUT2D eigenvalue weighted by atomic mass is 9.99. The van der Waals surface area contributed by atoms with Gasteiger partial charge in [-0.3, -0.25) is 0 Å². The topological polar surface area (TPSA) is 76.3 Å². The van der Waals surface area contributed by atoms with Gasteiger partial charge in [0.1, 0.15) is 18.0 Å².